The third-order valence-electron chi connectivity index (χ3n) is 3.68. The van der Waals surface area contributed by atoms with Crippen molar-refractivity contribution in [1.82, 2.24) is 10.2 Å². The fourth-order valence-electron chi connectivity index (χ4n) is 2.52. The lowest BCUT2D eigenvalue weighted by Crippen LogP contribution is -2.46. The molecule has 1 aromatic carbocycles. The number of nitrogens with zero attached hydrogens (tertiary/aromatic N) is 1. The van der Waals surface area contributed by atoms with Crippen LogP contribution in [0.15, 0.2) is 22.7 Å². The fourth-order valence-corrected chi connectivity index (χ4v) is 4.70. The van der Waals surface area contributed by atoms with Crippen molar-refractivity contribution < 1.29 is 8.42 Å². The Kier molecular flexibility index (Phi) is 5.23. The average Bonchev–Trinajstić information content (AvgIpc) is 2.35. The molecular weight excluding hydrogens is 340 g/mol. The molecule has 1 aliphatic rings. The Balaban J connectivity index is 2.07. The average molecular weight is 361 g/mol. The molecular formula is C14H21BrN2O2S. The molecule has 0 aromatic heterocycles. The highest BCUT2D eigenvalue weighted by atomic mass is 79.9. The summed E-state index contributed by atoms with van der Waals surface area (Å²) in [6, 6.07) is 6.43. The molecule has 20 heavy (non-hydrogen) atoms. The van der Waals surface area contributed by atoms with Gasteiger partial charge in [-0.3, -0.25) is 4.90 Å². The maximum atomic E-state index is 11.6. The highest BCUT2D eigenvalue weighted by Gasteiger charge is 2.28. The molecule has 4 nitrogen and oxygen atoms in total. The van der Waals surface area contributed by atoms with Crippen LogP contribution in [0.1, 0.15) is 18.1 Å². The van der Waals surface area contributed by atoms with Crippen LogP contribution in [0.3, 0.4) is 0 Å². The Morgan fingerprint density at radius 3 is 2.80 bits per heavy atom. The molecule has 1 aromatic rings. The smallest absolute Gasteiger partial charge is 0.153 e. The first-order valence-corrected chi connectivity index (χ1v) is 9.39. The van der Waals surface area contributed by atoms with Gasteiger partial charge >= 0.3 is 0 Å². The van der Waals surface area contributed by atoms with Crippen molar-refractivity contribution in [1.29, 1.82) is 0 Å². The topological polar surface area (TPSA) is 49.4 Å². The van der Waals surface area contributed by atoms with E-state index in [1.165, 1.54) is 11.1 Å². The van der Waals surface area contributed by atoms with Gasteiger partial charge in [-0.2, -0.15) is 0 Å². The second kappa shape index (κ2) is 6.56. The minimum atomic E-state index is -2.84. The Hall–Kier alpha value is -0.430. The molecule has 1 unspecified atom stereocenters. The summed E-state index contributed by atoms with van der Waals surface area (Å²) in [5.74, 6) is 0.537. The zero-order valence-electron chi connectivity index (χ0n) is 11.9. The van der Waals surface area contributed by atoms with Gasteiger partial charge in [-0.15, -0.1) is 0 Å². The Morgan fingerprint density at radius 2 is 2.20 bits per heavy atom. The number of nitrogens with one attached hydrogen (secondary N) is 1. The van der Waals surface area contributed by atoms with Crippen molar-refractivity contribution in [2.75, 3.05) is 25.1 Å². The summed E-state index contributed by atoms with van der Waals surface area (Å²) < 4.78 is 24.3. The number of benzene rings is 1. The van der Waals surface area contributed by atoms with Crippen LogP contribution in [0.2, 0.25) is 0 Å². The number of halogens is 1. The van der Waals surface area contributed by atoms with E-state index in [1.54, 1.807) is 0 Å². The predicted octanol–water partition coefficient (Wildman–Crippen LogP) is 1.79. The van der Waals surface area contributed by atoms with Crippen molar-refractivity contribution in [3.63, 3.8) is 0 Å². The molecule has 0 aliphatic carbocycles. The molecule has 1 atom stereocenters. The van der Waals surface area contributed by atoms with E-state index in [0.717, 1.165) is 17.6 Å². The van der Waals surface area contributed by atoms with Crippen LogP contribution in [-0.4, -0.2) is 44.5 Å². The molecule has 1 fully saturated rings. The van der Waals surface area contributed by atoms with Crippen LogP contribution >= 0.6 is 15.9 Å². The third-order valence-corrected chi connectivity index (χ3v) is 6.21. The van der Waals surface area contributed by atoms with E-state index in [2.05, 4.69) is 44.3 Å². The van der Waals surface area contributed by atoms with Crippen molar-refractivity contribution in [3.05, 3.63) is 33.8 Å². The minimum absolute atomic E-state index is 0.0811. The second-order valence-electron chi connectivity index (χ2n) is 5.39. The monoisotopic (exact) mass is 360 g/mol. The van der Waals surface area contributed by atoms with Crippen molar-refractivity contribution in [2.45, 2.75) is 26.1 Å². The standard InChI is InChI=1S/C14H21BrN2O2S/c1-11-10-20(18,19)6-5-17(11)9-13-4-3-12(8-16-2)7-14(13)15/h3-4,7,11,16H,5-6,8-10H2,1-2H3. The molecule has 0 amide bonds. The Labute approximate surface area is 129 Å². The van der Waals surface area contributed by atoms with Crippen LogP contribution in [0.25, 0.3) is 0 Å². The maximum absolute atomic E-state index is 11.6. The van der Waals surface area contributed by atoms with Gasteiger partial charge in [0.1, 0.15) is 0 Å². The van der Waals surface area contributed by atoms with Gasteiger partial charge < -0.3 is 5.32 Å². The van der Waals surface area contributed by atoms with Crippen molar-refractivity contribution in [2.24, 2.45) is 0 Å². The Morgan fingerprint density at radius 1 is 1.45 bits per heavy atom. The molecule has 0 spiro atoms. The van der Waals surface area contributed by atoms with Gasteiger partial charge in [0, 0.05) is 30.1 Å². The summed E-state index contributed by atoms with van der Waals surface area (Å²) in [6.45, 7) is 4.24. The maximum Gasteiger partial charge on any atom is 0.153 e. The highest BCUT2D eigenvalue weighted by Crippen LogP contribution is 2.23. The highest BCUT2D eigenvalue weighted by molar-refractivity contribution is 9.10. The van der Waals surface area contributed by atoms with E-state index in [-0.39, 0.29) is 17.5 Å². The molecule has 0 bridgehead atoms. The van der Waals surface area contributed by atoms with Gasteiger partial charge in [0.2, 0.25) is 0 Å². The summed E-state index contributed by atoms with van der Waals surface area (Å²) >= 11 is 3.61. The zero-order valence-corrected chi connectivity index (χ0v) is 14.3. The molecule has 0 radical (unpaired) electrons. The van der Waals surface area contributed by atoms with E-state index < -0.39 is 9.84 Å². The van der Waals surface area contributed by atoms with Gasteiger partial charge in [-0.1, -0.05) is 28.1 Å². The lowest BCUT2D eigenvalue weighted by molar-refractivity contribution is 0.217. The third kappa shape index (κ3) is 4.04. The number of hydrogen-bond donors (Lipinski definition) is 1. The first-order valence-electron chi connectivity index (χ1n) is 6.77. The summed E-state index contributed by atoms with van der Waals surface area (Å²) in [5, 5.41) is 3.13. The SMILES string of the molecule is CNCc1ccc(CN2CCS(=O)(=O)CC2C)c(Br)c1. The first-order chi connectivity index (χ1) is 9.41. The molecule has 2 rings (SSSR count). The number of sulfone groups is 1. The minimum Gasteiger partial charge on any atom is -0.316 e. The van der Waals surface area contributed by atoms with Crippen LogP contribution in [0.4, 0.5) is 0 Å². The van der Waals surface area contributed by atoms with Gasteiger partial charge in [0.15, 0.2) is 9.84 Å². The predicted molar refractivity (Wildman–Crippen MR) is 85.4 cm³/mol. The van der Waals surface area contributed by atoms with Crippen molar-refractivity contribution >= 4 is 25.8 Å². The van der Waals surface area contributed by atoms with E-state index in [4.69, 9.17) is 0 Å². The molecule has 6 heteroatoms. The first kappa shape index (κ1) is 15.9. The lowest BCUT2D eigenvalue weighted by atomic mass is 10.1. The zero-order chi connectivity index (χ0) is 14.8. The van der Waals surface area contributed by atoms with E-state index in [9.17, 15) is 8.42 Å². The molecule has 112 valence electrons. The molecule has 1 heterocycles. The van der Waals surface area contributed by atoms with Crippen LogP contribution < -0.4 is 5.32 Å². The normalized spacial score (nSPS) is 22.9. The lowest BCUT2D eigenvalue weighted by Gasteiger charge is -2.33. The summed E-state index contributed by atoms with van der Waals surface area (Å²) in [6.07, 6.45) is 0. The fraction of sp³-hybridized carbons (Fsp3) is 0.571. The van der Waals surface area contributed by atoms with E-state index in [1.807, 2.05) is 14.0 Å². The Bertz CT molecular complexity index is 575. The summed E-state index contributed by atoms with van der Waals surface area (Å²) in [7, 11) is -0.915. The summed E-state index contributed by atoms with van der Waals surface area (Å²) in [5.41, 5.74) is 2.44. The van der Waals surface area contributed by atoms with Crippen LogP contribution in [0, 0.1) is 0 Å². The largest absolute Gasteiger partial charge is 0.316 e. The van der Waals surface area contributed by atoms with Crippen LogP contribution in [-0.2, 0) is 22.9 Å². The van der Waals surface area contributed by atoms with Gasteiger partial charge in [0.25, 0.3) is 0 Å². The molecule has 0 saturated carbocycles. The van der Waals surface area contributed by atoms with Gasteiger partial charge in [-0.25, -0.2) is 8.42 Å². The van der Waals surface area contributed by atoms with E-state index >= 15 is 0 Å². The quantitative estimate of drug-likeness (QED) is 0.889. The molecule has 1 N–H and O–H groups in total. The van der Waals surface area contributed by atoms with E-state index in [0.29, 0.717) is 6.54 Å². The van der Waals surface area contributed by atoms with Gasteiger partial charge in [-0.05, 0) is 31.2 Å². The van der Waals surface area contributed by atoms with Crippen LogP contribution in [0.5, 0.6) is 0 Å². The van der Waals surface area contributed by atoms with Gasteiger partial charge in [0.05, 0.1) is 11.5 Å². The second-order valence-corrected chi connectivity index (χ2v) is 8.47. The molecule has 1 saturated heterocycles. The summed E-state index contributed by atoms with van der Waals surface area (Å²) in [4.78, 5) is 2.24. The molecule has 1 aliphatic heterocycles. The number of hydrogen-bond acceptors (Lipinski definition) is 4. The van der Waals surface area contributed by atoms with Crippen molar-refractivity contribution in [3.8, 4) is 0 Å². The number of rotatable bonds is 4.